The Hall–Kier alpha value is -5.21. The van der Waals surface area contributed by atoms with Crippen molar-refractivity contribution in [3.05, 3.63) is 172 Å². The lowest BCUT2D eigenvalue weighted by Crippen LogP contribution is -2.26. The van der Waals surface area contributed by atoms with E-state index >= 15 is 0 Å². The van der Waals surface area contributed by atoms with Crippen molar-refractivity contribution in [2.75, 3.05) is 0 Å². The molecule has 0 saturated heterocycles. The molecule has 0 saturated carbocycles. The largest absolute Gasteiger partial charge is 0.276 e. The second-order valence-corrected chi connectivity index (χ2v) is 11.9. The van der Waals surface area contributed by atoms with Crippen LogP contribution in [0.15, 0.2) is 138 Å². The second-order valence-electron chi connectivity index (χ2n) is 11.9. The minimum atomic E-state index is -0.451. The Morgan fingerprint density at radius 3 is 1.81 bits per heavy atom. The molecule has 0 amide bonds. The highest BCUT2D eigenvalue weighted by molar-refractivity contribution is 6.06. The first kappa shape index (κ1) is 24.4. The molecule has 2 nitrogen and oxygen atoms in total. The van der Waals surface area contributed by atoms with Gasteiger partial charge in [-0.2, -0.15) is 0 Å². The molecule has 204 valence electrons. The van der Waals surface area contributed by atoms with Gasteiger partial charge < -0.3 is 0 Å². The van der Waals surface area contributed by atoms with Crippen LogP contribution in [0.5, 0.6) is 0 Å². The van der Waals surface area contributed by atoms with Gasteiger partial charge in [-0.15, -0.1) is 0 Å². The van der Waals surface area contributed by atoms with Gasteiger partial charge in [-0.1, -0.05) is 123 Å². The summed E-state index contributed by atoms with van der Waals surface area (Å²) >= 11 is 0. The number of rotatable bonds is 3. The molecule has 0 radical (unpaired) electrons. The molecule has 0 N–H and O–H groups in total. The van der Waals surface area contributed by atoms with E-state index in [1.54, 1.807) is 0 Å². The van der Waals surface area contributed by atoms with Crippen molar-refractivity contribution in [3.63, 3.8) is 0 Å². The fourth-order valence-electron chi connectivity index (χ4n) is 8.04. The number of pyridine rings is 1. The second kappa shape index (κ2) is 8.89. The molecule has 1 aromatic heterocycles. The molecule has 2 aliphatic rings. The molecule has 7 aromatic rings. The van der Waals surface area contributed by atoms with E-state index in [0.717, 1.165) is 40.2 Å². The van der Waals surface area contributed by atoms with Crippen molar-refractivity contribution < 1.29 is 0 Å². The molecule has 0 bridgehead atoms. The van der Waals surface area contributed by atoms with Gasteiger partial charge in [0.15, 0.2) is 0 Å². The van der Waals surface area contributed by atoms with Gasteiger partial charge >= 0.3 is 0 Å². The molecule has 0 aliphatic heterocycles. The summed E-state index contributed by atoms with van der Waals surface area (Å²) in [6.07, 6.45) is 2.15. The van der Waals surface area contributed by atoms with Gasteiger partial charge in [0.05, 0.1) is 10.9 Å². The van der Waals surface area contributed by atoms with Crippen LogP contribution in [0.4, 0.5) is 0 Å². The van der Waals surface area contributed by atoms with Crippen LogP contribution >= 0.6 is 0 Å². The monoisotopic (exact) mass is 551 g/mol. The summed E-state index contributed by atoms with van der Waals surface area (Å²) in [6, 6.07) is 47.8. The summed E-state index contributed by atoms with van der Waals surface area (Å²) in [7, 11) is 0. The number of hydrogen-bond donors (Lipinski definition) is 0. The summed E-state index contributed by atoms with van der Waals surface area (Å²) in [6.45, 7) is 2.25. The van der Waals surface area contributed by atoms with Gasteiger partial charge in [-0.3, -0.25) is 9.36 Å². The topological polar surface area (TPSA) is 22.0 Å². The summed E-state index contributed by atoms with van der Waals surface area (Å²) in [5.41, 5.74) is 13.1. The average Bonchev–Trinajstić information content (AvgIpc) is 3.52. The van der Waals surface area contributed by atoms with Crippen molar-refractivity contribution in [2.45, 2.75) is 25.2 Å². The fourth-order valence-corrected chi connectivity index (χ4v) is 8.04. The van der Waals surface area contributed by atoms with Gasteiger partial charge in [0.2, 0.25) is 0 Å². The van der Waals surface area contributed by atoms with Gasteiger partial charge in [-0.25, -0.2) is 0 Å². The highest BCUT2D eigenvalue weighted by atomic mass is 16.1. The van der Waals surface area contributed by atoms with Gasteiger partial charge in [0, 0.05) is 16.5 Å². The number of fused-ring (bicyclic) bond motifs is 13. The van der Waals surface area contributed by atoms with Crippen LogP contribution < -0.4 is 5.56 Å². The number of nitrogens with zero attached hydrogens (tertiary/aromatic N) is 1. The summed E-state index contributed by atoms with van der Waals surface area (Å²) < 4.78 is 1.92. The van der Waals surface area contributed by atoms with Crippen LogP contribution in [0.1, 0.15) is 41.2 Å². The Morgan fingerprint density at radius 1 is 0.535 bits per heavy atom. The Bertz CT molecular complexity index is 2330. The molecule has 1 atom stereocenters. The molecule has 6 aromatic carbocycles. The lowest BCUT2D eigenvalue weighted by Gasteiger charge is -2.31. The van der Waals surface area contributed by atoms with Crippen LogP contribution in [0.25, 0.3) is 49.6 Å². The van der Waals surface area contributed by atoms with Crippen LogP contribution in [0, 0.1) is 0 Å². The molecular formula is C41H29NO. The van der Waals surface area contributed by atoms with Gasteiger partial charge in [0.25, 0.3) is 5.56 Å². The molecule has 9 rings (SSSR count). The van der Waals surface area contributed by atoms with Crippen molar-refractivity contribution in [2.24, 2.45) is 0 Å². The third-order valence-corrected chi connectivity index (χ3v) is 9.73. The Balaban J connectivity index is 1.41. The third-order valence-electron chi connectivity index (χ3n) is 9.73. The maximum atomic E-state index is 14.3. The Kier molecular flexibility index (Phi) is 5.05. The summed E-state index contributed by atoms with van der Waals surface area (Å²) in [4.78, 5) is 14.3. The SMILES string of the molecule is CCCc1ccc2c(c1)C1(c3ccccc3-2)c2ccccc2-c2ccc(-n3c(=O)c4ccccc4c4ccccc43)cc21. The molecule has 43 heavy (non-hydrogen) atoms. The van der Waals surface area contributed by atoms with Gasteiger partial charge in [-0.05, 0) is 86.1 Å². The number of aryl methyl sites for hydroxylation is 1. The lowest BCUT2D eigenvalue weighted by molar-refractivity contribution is 0.787. The highest BCUT2D eigenvalue weighted by Crippen LogP contribution is 2.63. The first-order valence-electron chi connectivity index (χ1n) is 15.2. The maximum Gasteiger partial charge on any atom is 0.263 e. The quantitative estimate of drug-likeness (QED) is 0.201. The average molecular weight is 552 g/mol. The zero-order chi connectivity index (χ0) is 28.7. The van der Waals surface area contributed by atoms with Gasteiger partial charge in [0.1, 0.15) is 0 Å². The predicted molar refractivity (Wildman–Crippen MR) is 177 cm³/mol. The van der Waals surface area contributed by atoms with E-state index in [1.807, 2.05) is 28.8 Å². The number of para-hydroxylation sites is 1. The Morgan fingerprint density at radius 2 is 1.09 bits per heavy atom. The fraction of sp³-hybridized carbons (Fsp3) is 0.0976. The minimum Gasteiger partial charge on any atom is -0.276 e. The Labute approximate surface area is 250 Å². The van der Waals surface area contributed by atoms with E-state index in [-0.39, 0.29) is 5.56 Å². The maximum absolute atomic E-state index is 14.3. The normalized spacial score (nSPS) is 15.9. The summed E-state index contributed by atoms with van der Waals surface area (Å²) in [5, 5.41) is 2.81. The molecule has 1 heterocycles. The number of hydrogen-bond acceptors (Lipinski definition) is 1. The third kappa shape index (κ3) is 3.10. The van der Waals surface area contributed by atoms with Crippen molar-refractivity contribution in [3.8, 4) is 27.9 Å². The molecule has 1 spiro atoms. The van der Waals surface area contributed by atoms with Crippen molar-refractivity contribution >= 4 is 21.7 Å². The van der Waals surface area contributed by atoms with E-state index in [2.05, 4.69) is 116 Å². The first-order chi connectivity index (χ1) is 21.2. The molecule has 2 heteroatoms. The number of aromatic nitrogens is 1. The zero-order valence-electron chi connectivity index (χ0n) is 24.0. The van der Waals surface area contributed by atoms with E-state index in [0.29, 0.717) is 0 Å². The van der Waals surface area contributed by atoms with E-state index in [1.165, 1.54) is 50.1 Å². The van der Waals surface area contributed by atoms with E-state index in [9.17, 15) is 4.79 Å². The van der Waals surface area contributed by atoms with E-state index < -0.39 is 5.41 Å². The first-order valence-corrected chi connectivity index (χ1v) is 15.2. The van der Waals surface area contributed by atoms with Crippen LogP contribution in [0.3, 0.4) is 0 Å². The highest BCUT2D eigenvalue weighted by Gasteiger charge is 2.51. The van der Waals surface area contributed by atoms with Crippen molar-refractivity contribution in [1.29, 1.82) is 0 Å². The lowest BCUT2D eigenvalue weighted by atomic mass is 9.70. The van der Waals surface area contributed by atoms with Crippen molar-refractivity contribution in [1.82, 2.24) is 4.57 Å². The zero-order valence-corrected chi connectivity index (χ0v) is 24.0. The molecule has 0 fully saturated rings. The van der Waals surface area contributed by atoms with Crippen LogP contribution in [-0.2, 0) is 11.8 Å². The molecule has 1 unspecified atom stereocenters. The van der Waals surface area contributed by atoms with Crippen LogP contribution in [-0.4, -0.2) is 4.57 Å². The summed E-state index contributed by atoms with van der Waals surface area (Å²) in [5.74, 6) is 0. The standard InChI is InChI=1S/C41H29NO/c1-2-11-26-20-22-31-29-13-5-8-17-35(29)41(37(31)24-26)36-18-9-6-14-30(36)32-23-21-27(25-38(32)41)42-39-19-10-7-15-33(39)28-12-3-4-16-34(28)40(42)43/h3-10,12-25H,2,11H2,1H3. The molecular weight excluding hydrogens is 522 g/mol. The van der Waals surface area contributed by atoms with E-state index in [4.69, 9.17) is 0 Å². The smallest absolute Gasteiger partial charge is 0.263 e. The minimum absolute atomic E-state index is 0.0104. The number of benzene rings is 6. The van der Waals surface area contributed by atoms with Crippen LogP contribution in [0.2, 0.25) is 0 Å². The molecule has 2 aliphatic carbocycles. The predicted octanol–water partition coefficient (Wildman–Crippen LogP) is 9.44.